The predicted molar refractivity (Wildman–Crippen MR) is 154 cm³/mol. The normalized spacial score (nSPS) is 12.2. The van der Waals surface area contributed by atoms with E-state index >= 15 is 0 Å². The zero-order valence-electron chi connectivity index (χ0n) is 22.3. The maximum atomic E-state index is 13.9. The lowest BCUT2D eigenvalue weighted by Crippen LogP contribution is -2.52. The molecular weight excluding hydrogens is 566 g/mol. The molecule has 0 fully saturated rings. The molecule has 1 unspecified atom stereocenters. The summed E-state index contributed by atoms with van der Waals surface area (Å²) in [6.45, 7) is 8.86. The Morgan fingerprint density at radius 2 is 1.53 bits per heavy atom. The third-order valence-corrected chi connectivity index (χ3v) is 8.57. The minimum absolute atomic E-state index is 0.0797. The highest BCUT2D eigenvalue weighted by molar-refractivity contribution is 9.10. The Morgan fingerprint density at radius 3 is 2.11 bits per heavy atom. The number of aryl methyl sites for hydroxylation is 2. The highest BCUT2D eigenvalue weighted by Crippen LogP contribution is 2.26. The van der Waals surface area contributed by atoms with Crippen molar-refractivity contribution >= 4 is 43.5 Å². The zero-order valence-corrected chi connectivity index (χ0v) is 24.7. The molecule has 0 saturated carbocycles. The van der Waals surface area contributed by atoms with E-state index in [-0.39, 0.29) is 23.4 Å². The number of nitrogens with zero attached hydrogens (tertiary/aromatic N) is 2. The fourth-order valence-corrected chi connectivity index (χ4v) is 5.59. The molecule has 9 heteroatoms. The number of halogens is 1. The van der Waals surface area contributed by atoms with Crippen molar-refractivity contribution in [3.05, 3.63) is 94.0 Å². The van der Waals surface area contributed by atoms with E-state index in [4.69, 9.17) is 0 Å². The molecule has 3 aromatic carbocycles. The molecule has 0 aliphatic rings. The van der Waals surface area contributed by atoms with Crippen LogP contribution in [0.2, 0.25) is 0 Å². The summed E-state index contributed by atoms with van der Waals surface area (Å²) in [5.41, 5.74) is 3.11. The van der Waals surface area contributed by atoms with Crippen molar-refractivity contribution in [2.45, 2.75) is 58.1 Å². The van der Waals surface area contributed by atoms with Gasteiger partial charge in [-0.05, 0) is 87.7 Å². The van der Waals surface area contributed by atoms with Gasteiger partial charge >= 0.3 is 0 Å². The number of carbonyl (C=O) groups is 2. The maximum absolute atomic E-state index is 13.9. The molecule has 0 bridgehead atoms. The van der Waals surface area contributed by atoms with Gasteiger partial charge in [-0.2, -0.15) is 0 Å². The summed E-state index contributed by atoms with van der Waals surface area (Å²) in [6, 6.07) is 19.8. The monoisotopic (exact) mass is 599 g/mol. The van der Waals surface area contributed by atoms with Crippen LogP contribution in [0.1, 0.15) is 37.5 Å². The SMILES string of the molecule is Cc1ccc(N(CC(=O)N(Cc2ccc(Br)cc2)C(C)C(=O)NC(C)C)S(=O)(=O)c2ccccc2)cc1C. The lowest BCUT2D eigenvalue weighted by molar-refractivity contribution is -0.139. The standard InChI is InChI=1S/C29H34BrN3O4S/c1-20(2)31-29(35)23(5)32(18-24-12-14-25(30)15-13-24)28(34)19-33(26-16-11-21(3)22(4)17-26)38(36,37)27-9-7-6-8-10-27/h6-17,20,23H,18-19H2,1-5H3,(H,31,35). The Hall–Kier alpha value is -3.17. The van der Waals surface area contributed by atoms with Crippen LogP contribution in [0.15, 0.2) is 82.2 Å². The second kappa shape index (κ2) is 12.6. The minimum atomic E-state index is -4.08. The highest BCUT2D eigenvalue weighted by Gasteiger charge is 2.32. The summed E-state index contributed by atoms with van der Waals surface area (Å²) < 4.78 is 29.6. The number of hydrogen-bond donors (Lipinski definition) is 1. The van der Waals surface area contributed by atoms with Crippen LogP contribution >= 0.6 is 15.9 Å². The number of anilines is 1. The quantitative estimate of drug-likeness (QED) is 0.347. The van der Waals surface area contributed by atoms with Gasteiger partial charge < -0.3 is 10.2 Å². The van der Waals surface area contributed by atoms with Crippen molar-refractivity contribution in [1.29, 1.82) is 0 Å². The first-order valence-corrected chi connectivity index (χ1v) is 14.6. The summed E-state index contributed by atoms with van der Waals surface area (Å²) in [5, 5.41) is 2.86. The first kappa shape index (κ1) is 29.4. The third-order valence-electron chi connectivity index (χ3n) is 6.25. The molecule has 7 nitrogen and oxygen atoms in total. The lowest BCUT2D eigenvalue weighted by Gasteiger charge is -2.32. The van der Waals surface area contributed by atoms with Crippen LogP contribution in [-0.2, 0) is 26.2 Å². The minimum Gasteiger partial charge on any atom is -0.352 e. The van der Waals surface area contributed by atoms with Crippen molar-refractivity contribution in [2.24, 2.45) is 0 Å². The molecule has 1 atom stereocenters. The molecule has 202 valence electrons. The molecule has 3 aromatic rings. The number of sulfonamides is 1. The molecule has 1 N–H and O–H groups in total. The Labute approximate surface area is 234 Å². The van der Waals surface area contributed by atoms with Gasteiger partial charge in [0.1, 0.15) is 12.6 Å². The molecule has 0 saturated heterocycles. The van der Waals surface area contributed by atoms with Gasteiger partial charge in [0.25, 0.3) is 10.0 Å². The number of rotatable bonds is 10. The molecule has 0 aliphatic heterocycles. The summed E-state index contributed by atoms with van der Waals surface area (Å²) in [4.78, 5) is 28.4. The Kier molecular flexibility index (Phi) is 9.73. The van der Waals surface area contributed by atoms with E-state index in [0.717, 1.165) is 25.5 Å². The van der Waals surface area contributed by atoms with Crippen molar-refractivity contribution in [2.75, 3.05) is 10.8 Å². The van der Waals surface area contributed by atoms with E-state index < -0.39 is 28.5 Å². The predicted octanol–water partition coefficient (Wildman–Crippen LogP) is 5.20. The summed E-state index contributed by atoms with van der Waals surface area (Å²) in [7, 11) is -4.08. The molecule has 0 heterocycles. The Morgan fingerprint density at radius 1 is 0.895 bits per heavy atom. The lowest BCUT2D eigenvalue weighted by atomic mass is 10.1. The Bertz CT molecular complexity index is 1380. The van der Waals surface area contributed by atoms with Gasteiger partial charge in [0.05, 0.1) is 10.6 Å². The number of nitrogens with one attached hydrogen (secondary N) is 1. The van der Waals surface area contributed by atoms with Crippen LogP contribution in [0.25, 0.3) is 0 Å². The van der Waals surface area contributed by atoms with E-state index in [9.17, 15) is 18.0 Å². The van der Waals surface area contributed by atoms with Crippen molar-refractivity contribution in [3.8, 4) is 0 Å². The summed E-state index contributed by atoms with van der Waals surface area (Å²) in [5.74, 6) is -0.800. The van der Waals surface area contributed by atoms with Crippen LogP contribution in [0.5, 0.6) is 0 Å². The summed E-state index contributed by atoms with van der Waals surface area (Å²) >= 11 is 3.42. The average molecular weight is 601 g/mol. The zero-order chi connectivity index (χ0) is 28.0. The topological polar surface area (TPSA) is 86.8 Å². The fraction of sp³-hybridized carbons (Fsp3) is 0.310. The highest BCUT2D eigenvalue weighted by atomic mass is 79.9. The number of amides is 2. The van der Waals surface area contributed by atoms with Crippen molar-refractivity contribution in [1.82, 2.24) is 10.2 Å². The van der Waals surface area contributed by atoms with Gasteiger partial charge in [-0.25, -0.2) is 8.42 Å². The molecule has 0 aliphatic carbocycles. The number of carbonyl (C=O) groups excluding carboxylic acids is 2. The molecule has 3 rings (SSSR count). The van der Waals surface area contributed by atoms with E-state index in [1.54, 1.807) is 37.3 Å². The second-order valence-corrected chi connectivity index (χ2v) is 12.4. The Balaban J connectivity index is 2.04. The van der Waals surface area contributed by atoms with E-state index in [1.165, 1.54) is 17.0 Å². The van der Waals surface area contributed by atoms with Gasteiger partial charge in [-0.15, -0.1) is 0 Å². The second-order valence-electron chi connectivity index (χ2n) is 9.58. The number of hydrogen-bond acceptors (Lipinski definition) is 4. The molecular formula is C29H34BrN3O4S. The van der Waals surface area contributed by atoms with E-state index in [0.29, 0.717) is 5.69 Å². The molecule has 0 radical (unpaired) electrons. The first-order valence-electron chi connectivity index (χ1n) is 12.4. The fourth-order valence-electron chi connectivity index (χ4n) is 3.90. The van der Waals surface area contributed by atoms with Crippen LogP contribution in [0, 0.1) is 13.8 Å². The largest absolute Gasteiger partial charge is 0.352 e. The molecule has 2 amide bonds. The number of benzene rings is 3. The summed E-state index contributed by atoms with van der Waals surface area (Å²) in [6.07, 6.45) is 0. The van der Waals surface area contributed by atoms with Crippen LogP contribution in [0.4, 0.5) is 5.69 Å². The first-order chi connectivity index (χ1) is 17.9. The van der Waals surface area contributed by atoms with Crippen molar-refractivity contribution < 1.29 is 18.0 Å². The van der Waals surface area contributed by atoms with Gasteiger partial charge in [-0.1, -0.05) is 52.3 Å². The van der Waals surface area contributed by atoms with Gasteiger partial charge in [0.2, 0.25) is 11.8 Å². The average Bonchev–Trinajstić information content (AvgIpc) is 2.88. The van der Waals surface area contributed by atoms with Crippen LogP contribution in [-0.4, -0.2) is 43.8 Å². The molecule has 38 heavy (non-hydrogen) atoms. The maximum Gasteiger partial charge on any atom is 0.264 e. The van der Waals surface area contributed by atoms with Gasteiger partial charge in [0.15, 0.2) is 0 Å². The van der Waals surface area contributed by atoms with E-state index in [1.807, 2.05) is 58.0 Å². The van der Waals surface area contributed by atoms with Crippen molar-refractivity contribution in [3.63, 3.8) is 0 Å². The molecule has 0 spiro atoms. The third kappa shape index (κ3) is 7.23. The van der Waals surface area contributed by atoms with E-state index in [2.05, 4.69) is 21.2 Å². The van der Waals surface area contributed by atoms with Crippen LogP contribution < -0.4 is 9.62 Å². The molecule has 0 aromatic heterocycles. The van der Waals surface area contributed by atoms with Crippen LogP contribution in [0.3, 0.4) is 0 Å². The smallest absolute Gasteiger partial charge is 0.264 e. The van der Waals surface area contributed by atoms with Gasteiger partial charge in [-0.3, -0.25) is 13.9 Å². The van der Waals surface area contributed by atoms with Gasteiger partial charge in [0, 0.05) is 17.1 Å².